The molecule has 0 spiro atoms. The van der Waals surface area contributed by atoms with E-state index in [9.17, 15) is 0 Å². The van der Waals surface area contributed by atoms with Gasteiger partial charge in [-0.25, -0.2) is 4.98 Å². The van der Waals surface area contributed by atoms with E-state index in [1.165, 1.54) is 0 Å². The van der Waals surface area contributed by atoms with Crippen LogP contribution in [-0.4, -0.2) is 19.5 Å². The van der Waals surface area contributed by atoms with Crippen molar-refractivity contribution in [3.05, 3.63) is 146 Å². The zero-order valence-corrected chi connectivity index (χ0v) is 23.6. The third-order valence-electron chi connectivity index (χ3n) is 8.26. The van der Waals surface area contributed by atoms with Gasteiger partial charge in [-0.2, -0.15) is 9.97 Å². The topological polar surface area (TPSA) is 56.7 Å². The first-order valence-electron chi connectivity index (χ1n) is 14.6. The third kappa shape index (κ3) is 3.83. The van der Waals surface area contributed by atoms with E-state index in [0.717, 1.165) is 66.0 Å². The SMILES string of the molecule is c1ccc(-c2nc(-c3cc(-c4ccccc4)c4c(c3)oc3ccccc34)nc(-n3c4ccccc4c4ccccc43)n2)cc1. The fraction of sp³-hybridized carbons (Fsp3) is 0. The van der Waals surface area contributed by atoms with Crippen LogP contribution in [0.25, 0.3) is 83.6 Å². The van der Waals surface area contributed by atoms with E-state index in [1.807, 2.05) is 48.5 Å². The number of benzene rings is 6. The van der Waals surface area contributed by atoms with Gasteiger partial charge in [0, 0.05) is 32.7 Å². The molecule has 206 valence electrons. The molecule has 5 heteroatoms. The van der Waals surface area contributed by atoms with Crippen molar-refractivity contribution in [2.75, 3.05) is 0 Å². The molecule has 0 aliphatic rings. The second kappa shape index (κ2) is 9.75. The van der Waals surface area contributed by atoms with Crippen LogP contribution in [0, 0.1) is 0 Å². The molecule has 3 aromatic heterocycles. The first kappa shape index (κ1) is 24.5. The Bertz CT molecular complexity index is 2440. The maximum atomic E-state index is 6.43. The lowest BCUT2D eigenvalue weighted by Crippen LogP contribution is -2.06. The van der Waals surface area contributed by atoms with Crippen LogP contribution in [-0.2, 0) is 0 Å². The summed E-state index contributed by atoms with van der Waals surface area (Å²) >= 11 is 0. The second-order valence-electron chi connectivity index (χ2n) is 10.9. The van der Waals surface area contributed by atoms with Crippen molar-refractivity contribution in [3.63, 3.8) is 0 Å². The Labute approximate surface area is 252 Å². The van der Waals surface area contributed by atoms with Crippen LogP contribution in [0.5, 0.6) is 0 Å². The zero-order chi connectivity index (χ0) is 29.0. The molecule has 0 radical (unpaired) electrons. The predicted molar refractivity (Wildman–Crippen MR) is 178 cm³/mol. The third-order valence-corrected chi connectivity index (χ3v) is 8.26. The van der Waals surface area contributed by atoms with Gasteiger partial charge in [0.2, 0.25) is 5.95 Å². The Morgan fingerprint density at radius 1 is 0.432 bits per heavy atom. The minimum atomic E-state index is 0.567. The van der Waals surface area contributed by atoms with Gasteiger partial charge in [0.25, 0.3) is 0 Å². The molecule has 5 nitrogen and oxygen atoms in total. The van der Waals surface area contributed by atoms with E-state index in [4.69, 9.17) is 19.4 Å². The van der Waals surface area contributed by atoms with Gasteiger partial charge in [0.1, 0.15) is 11.2 Å². The number of hydrogen-bond donors (Lipinski definition) is 0. The standard InChI is InChI=1S/C39H24N4O/c1-3-13-25(14-4-1)31-23-27(24-35-36(31)30-19-9-12-22-34(30)44-35)38-40-37(26-15-5-2-6-16-26)41-39(42-38)43-32-20-10-7-17-28(32)29-18-8-11-21-33(29)43/h1-24H. The number of fused-ring (bicyclic) bond motifs is 6. The Kier molecular flexibility index (Phi) is 5.43. The smallest absolute Gasteiger partial charge is 0.238 e. The fourth-order valence-corrected chi connectivity index (χ4v) is 6.28. The van der Waals surface area contributed by atoms with Crippen molar-refractivity contribution in [1.82, 2.24) is 19.5 Å². The lowest BCUT2D eigenvalue weighted by atomic mass is 9.97. The Morgan fingerprint density at radius 2 is 0.977 bits per heavy atom. The number of nitrogens with zero attached hydrogens (tertiary/aromatic N) is 4. The molecule has 0 bridgehead atoms. The highest BCUT2D eigenvalue weighted by Crippen LogP contribution is 2.40. The van der Waals surface area contributed by atoms with Crippen LogP contribution in [0.2, 0.25) is 0 Å². The Hall–Kier alpha value is -6.07. The fourth-order valence-electron chi connectivity index (χ4n) is 6.28. The van der Waals surface area contributed by atoms with E-state index in [2.05, 4.69) is 102 Å². The van der Waals surface area contributed by atoms with Crippen molar-refractivity contribution >= 4 is 43.7 Å². The molecule has 9 rings (SSSR count). The lowest BCUT2D eigenvalue weighted by Gasteiger charge is -2.12. The second-order valence-corrected chi connectivity index (χ2v) is 10.9. The van der Waals surface area contributed by atoms with Gasteiger partial charge in [-0.1, -0.05) is 115 Å². The quantitative estimate of drug-likeness (QED) is 0.213. The largest absolute Gasteiger partial charge is 0.456 e. The van der Waals surface area contributed by atoms with E-state index >= 15 is 0 Å². The maximum absolute atomic E-state index is 6.43. The van der Waals surface area contributed by atoms with Crippen molar-refractivity contribution < 1.29 is 4.42 Å². The Balaban J connectivity index is 1.36. The highest BCUT2D eigenvalue weighted by atomic mass is 16.3. The van der Waals surface area contributed by atoms with Gasteiger partial charge in [0.15, 0.2) is 11.6 Å². The number of aromatic nitrogens is 4. The molecule has 0 atom stereocenters. The van der Waals surface area contributed by atoms with E-state index in [-0.39, 0.29) is 0 Å². The van der Waals surface area contributed by atoms with Gasteiger partial charge < -0.3 is 4.42 Å². The van der Waals surface area contributed by atoms with E-state index < -0.39 is 0 Å². The van der Waals surface area contributed by atoms with Crippen LogP contribution in [0.4, 0.5) is 0 Å². The molecule has 0 N–H and O–H groups in total. The Morgan fingerprint density at radius 3 is 1.66 bits per heavy atom. The molecule has 6 aromatic carbocycles. The number of hydrogen-bond acceptors (Lipinski definition) is 4. The number of para-hydroxylation sites is 3. The molecule has 0 aliphatic heterocycles. The van der Waals surface area contributed by atoms with Gasteiger partial charge in [-0.3, -0.25) is 4.57 Å². The molecule has 0 amide bonds. The molecular formula is C39H24N4O. The molecule has 0 aliphatic carbocycles. The highest BCUT2D eigenvalue weighted by molar-refractivity contribution is 6.13. The number of rotatable bonds is 4. The maximum Gasteiger partial charge on any atom is 0.238 e. The van der Waals surface area contributed by atoms with Gasteiger partial charge >= 0.3 is 0 Å². The van der Waals surface area contributed by atoms with Crippen molar-refractivity contribution in [1.29, 1.82) is 0 Å². The van der Waals surface area contributed by atoms with Gasteiger partial charge in [-0.05, 0) is 41.5 Å². The summed E-state index contributed by atoms with van der Waals surface area (Å²) in [5.41, 5.74) is 7.69. The van der Waals surface area contributed by atoms with E-state index in [1.54, 1.807) is 0 Å². The van der Waals surface area contributed by atoms with E-state index in [0.29, 0.717) is 17.6 Å². The molecule has 0 saturated carbocycles. The van der Waals surface area contributed by atoms with Gasteiger partial charge in [0.05, 0.1) is 11.0 Å². The normalized spacial score (nSPS) is 11.6. The molecule has 0 fully saturated rings. The van der Waals surface area contributed by atoms with Crippen molar-refractivity contribution in [2.24, 2.45) is 0 Å². The molecule has 9 aromatic rings. The molecule has 44 heavy (non-hydrogen) atoms. The summed E-state index contributed by atoms with van der Waals surface area (Å²) in [5.74, 6) is 1.76. The molecular weight excluding hydrogens is 540 g/mol. The van der Waals surface area contributed by atoms with Crippen LogP contribution >= 0.6 is 0 Å². The zero-order valence-electron chi connectivity index (χ0n) is 23.6. The summed E-state index contributed by atoms with van der Waals surface area (Å²) in [6.07, 6.45) is 0. The summed E-state index contributed by atoms with van der Waals surface area (Å²) in [5, 5.41) is 4.47. The van der Waals surface area contributed by atoms with Crippen molar-refractivity contribution in [3.8, 4) is 39.9 Å². The van der Waals surface area contributed by atoms with Crippen LogP contribution in [0.1, 0.15) is 0 Å². The minimum Gasteiger partial charge on any atom is -0.456 e. The average molecular weight is 565 g/mol. The van der Waals surface area contributed by atoms with Crippen LogP contribution < -0.4 is 0 Å². The summed E-state index contributed by atoms with van der Waals surface area (Å²) in [4.78, 5) is 15.3. The summed E-state index contributed by atoms with van der Waals surface area (Å²) in [6, 6.07) is 49.7. The van der Waals surface area contributed by atoms with Crippen LogP contribution in [0.3, 0.4) is 0 Å². The molecule has 0 unspecified atom stereocenters. The molecule has 0 saturated heterocycles. The van der Waals surface area contributed by atoms with Crippen LogP contribution in [0.15, 0.2) is 150 Å². The molecule has 3 heterocycles. The highest BCUT2D eigenvalue weighted by Gasteiger charge is 2.20. The van der Waals surface area contributed by atoms with Gasteiger partial charge in [-0.15, -0.1) is 0 Å². The predicted octanol–water partition coefficient (Wildman–Crippen LogP) is 9.87. The summed E-state index contributed by atoms with van der Waals surface area (Å²) in [7, 11) is 0. The van der Waals surface area contributed by atoms with Crippen molar-refractivity contribution in [2.45, 2.75) is 0 Å². The first-order chi connectivity index (χ1) is 21.8. The number of furan rings is 1. The average Bonchev–Trinajstić information content (AvgIpc) is 3.64. The summed E-state index contributed by atoms with van der Waals surface area (Å²) in [6.45, 7) is 0. The monoisotopic (exact) mass is 564 g/mol. The first-order valence-corrected chi connectivity index (χ1v) is 14.6. The summed E-state index contributed by atoms with van der Waals surface area (Å²) < 4.78 is 8.57. The minimum absolute atomic E-state index is 0.567. The lowest BCUT2D eigenvalue weighted by molar-refractivity contribution is 0.669.